The van der Waals surface area contributed by atoms with Gasteiger partial charge in [-0.2, -0.15) is 0 Å². The highest BCUT2D eigenvalue weighted by Crippen LogP contribution is 2.40. The van der Waals surface area contributed by atoms with Crippen molar-refractivity contribution in [1.29, 1.82) is 0 Å². The maximum absolute atomic E-state index is 12.6. The molecule has 1 aromatic rings. The number of rotatable bonds is 3. The molecule has 2 unspecified atom stereocenters. The summed E-state index contributed by atoms with van der Waals surface area (Å²) in [6.07, 6.45) is 6.03. The van der Waals surface area contributed by atoms with Gasteiger partial charge in [0.1, 0.15) is 0 Å². The predicted molar refractivity (Wildman–Crippen MR) is 86.6 cm³/mol. The summed E-state index contributed by atoms with van der Waals surface area (Å²) in [5.41, 5.74) is 1.23. The van der Waals surface area contributed by atoms with E-state index in [9.17, 15) is 4.79 Å². The molecule has 3 aliphatic rings. The van der Waals surface area contributed by atoms with Gasteiger partial charge >= 0.3 is 0 Å². The van der Waals surface area contributed by atoms with Gasteiger partial charge in [0, 0.05) is 44.5 Å². The average Bonchev–Trinajstić information content (AvgIpc) is 3.32. The van der Waals surface area contributed by atoms with Crippen molar-refractivity contribution in [2.75, 3.05) is 26.2 Å². The minimum Gasteiger partial charge on any atom is -0.375 e. The van der Waals surface area contributed by atoms with Crippen molar-refractivity contribution in [2.24, 2.45) is 11.8 Å². The quantitative estimate of drug-likeness (QED) is 0.849. The summed E-state index contributed by atoms with van der Waals surface area (Å²) < 4.78 is 5.98. The SMILES string of the molecule is CC1CC1C(=O)N1CC[C@@H]2OCCN(Cc3cccnc3)[C@H]2C1. The predicted octanol–water partition coefficient (Wildman–Crippen LogP) is 1.54. The van der Waals surface area contributed by atoms with Crippen LogP contribution in [0.25, 0.3) is 0 Å². The average molecular weight is 315 g/mol. The molecule has 3 heterocycles. The van der Waals surface area contributed by atoms with Crippen molar-refractivity contribution in [2.45, 2.75) is 38.5 Å². The number of aromatic nitrogens is 1. The van der Waals surface area contributed by atoms with Gasteiger partial charge in [-0.15, -0.1) is 0 Å². The lowest BCUT2D eigenvalue weighted by Gasteiger charge is -2.47. The number of pyridine rings is 1. The van der Waals surface area contributed by atoms with E-state index in [0.717, 1.165) is 45.6 Å². The zero-order valence-corrected chi connectivity index (χ0v) is 13.7. The standard InChI is InChI=1S/C18H25N3O2/c1-13-9-15(13)18(22)21-6-4-17-16(12-21)20(7-8-23-17)11-14-3-2-5-19-10-14/h2-3,5,10,13,15-17H,4,6-9,11-12H2,1H3/t13?,15?,16-,17-/m0/s1. The van der Waals surface area contributed by atoms with Crippen LogP contribution >= 0.6 is 0 Å². The fourth-order valence-corrected chi connectivity index (χ4v) is 3.97. The molecule has 5 heteroatoms. The highest BCUT2D eigenvalue weighted by atomic mass is 16.5. The van der Waals surface area contributed by atoms with E-state index >= 15 is 0 Å². The number of hydrogen-bond donors (Lipinski definition) is 0. The first kappa shape index (κ1) is 15.1. The maximum atomic E-state index is 12.6. The maximum Gasteiger partial charge on any atom is 0.226 e. The Morgan fingerprint density at radius 3 is 3.04 bits per heavy atom. The Labute approximate surface area is 137 Å². The molecule has 1 amide bonds. The summed E-state index contributed by atoms with van der Waals surface area (Å²) in [6, 6.07) is 4.42. The molecule has 23 heavy (non-hydrogen) atoms. The van der Waals surface area contributed by atoms with E-state index in [2.05, 4.69) is 27.8 Å². The normalized spacial score (nSPS) is 34.0. The van der Waals surface area contributed by atoms with Crippen LogP contribution in [0, 0.1) is 11.8 Å². The Kier molecular flexibility index (Phi) is 4.07. The summed E-state index contributed by atoms with van der Waals surface area (Å²) in [5, 5.41) is 0. The van der Waals surface area contributed by atoms with Crippen LogP contribution in [-0.2, 0) is 16.1 Å². The molecule has 4 rings (SSSR count). The first-order chi connectivity index (χ1) is 11.2. The molecule has 0 aromatic carbocycles. The molecular weight excluding hydrogens is 290 g/mol. The number of amides is 1. The number of likely N-dealkylation sites (tertiary alicyclic amines) is 1. The molecule has 0 radical (unpaired) electrons. The summed E-state index contributed by atoms with van der Waals surface area (Å²) in [5.74, 6) is 1.22. The Balaban J connectivity index is 1.44. The number of carbonyl (C=O) groups excluding carboxylic acids is 1. The molecule has 3 fully saturated rings. The molecule has 5 nitrogen and oxygen atoms in total. The number of morpholine rings is 1. The van der Waals surface area contributed by atoms with Crippen molar-refractivity contribution >= 4 is 5.91 Å². The van der Waals surface area contributed by atoms with E-state index in [1.54, 1.807) is 0 Å². The van der Waals surface area contributed by atoms with E-state index < -0.39 is 0 Å². The molecule has 2 aliphatic heterocycles. The van der Waals surface area contributed by atoms with Gasteiger partial charge in [-0.1, -0.05) is 13.0 Å². The Morgan fingerprint density at radius 1 is 1.43 bits per heavy atom. The topological polar surface area (TPSA) is 45.7 Å². The first-order valence-electron chi connectivity index (χ1n) is 8.75. The molecule has 1 saturated carbocycles. The smallest absolute Gasteiger partial charge is 0.226 e. The van der Waals surface area contributed by atoms with Gasteiger partial charge in [-0.3, -0.25) is 14.7 Å². The summed E-state index contributed by atoms with van der Waals surface area (Å²) in [7, 11) is 0. The molecule has 1 aliphatic carbocycles. The minimum atomic E-state index is 0.265. The van der Waals surface area contributed by atoms with Gasteiger partial charge in [0.25, 0.3) is 0 Å². The molecule has 2 saturated heterocycles. The molecular formula is C18H25N3O2. The van der Waals surface area contributed by atoms with Gasteiger partial charge in [0.2, 0.25) is 5.91 Å². The van der Waals surface area contributed by atoms with Crippen LogP contribution in [0.3, 0.4) is 0 Å². The number of fused-ring (bicyclic) bond motifs is 1. The lowest BCUT2D eigenvalue weighted by atomic mass is 9.97. The molecule has 124 valence electrons. The highest BCUT2D eigenvalue weighted by Gasteiger charge is 2.45. The molecule has 0 N–H and O–H groups in total. The van der Waals surface area contributed by atoms with Crippen LogP contribution in [-0.4, -0.2) is 59.1 Å². The Hall–Kier alpha value is -1.46. The Bertz CT molecular complexity index is 565. The number of hydrogen-bond acceptors (Lipinski definition) is 4. The van der Waals surface area contributed by atoms with Crippen molar-refractivity contribution in [3.63, 3.8) is 0 Å². The monoisotopic (exact) mass is 315 g/mol. The number of nitrogens with zero attached hydrogens (tertiary/aromatic N) is 3. The van der Waals surface area contributed by atoms with Crippen molar-refractivity contribution in [1.82, 2.24) is 14.8 Å². The van der Waals surface area contributed by atoms with Gasteiger partial charge in [0.15, 0.2) is 0 Å². The van der Waals surface area contributed by atoms with Gasteiger partial charge < -0.3 is 9.64 Å². The van der Waals surface area contributed by atoms with E-state index in [1.165, 1.54) is 5.56 Å². The van der Waals surface area contributed by atoms with E-state index in [1.807, 2.05) is 18.5 Å². The highest BCUT2D eigenvalue weighted by molar-refractivity contribution is 5.81. The number of carbonyl (C=O) groups is 1. The second kappa shape index (κ2) is 6.21. The fraction of sp³-hybridized carbons (Fsp3) is 0.667. The van der Waals surface area contributed by atoms with Crippen molar-refractivity contribution in [3.8, 4) is 0 Å². The van der Waals surface area contributed by atoms with Gasteiger partial charge in [0.05, 0.1) is 18.8 Å². The van der Waals surface area contributed by atoms with E-state index in [-0.39, 0.29) is 12.0 Å². The van der Waals surface area contributed by atoms with Crippen LogP contribution in [0.15, 0.2) is 24.5 Å². The summed E-state index contributed by atoms with van der Waals surface area (Å²) in [4.78, 5) is 21.3. The zero-order valence-electron chi connectivity index (χ0n) is 13.7. The second-order valence-corrected chi connectivity index (χ2v) is 7.20. The van der Waals surface area contributed by atoms with Crippen LogP contribution in [0.1, 0.15) is 25.3 Å². The van der Waals surface area contributed by atoms with Gasteiger partial charge in [-0.05, 0) is 30.4 Å². The largest absolute Gasteiger partial charge is 0.375 e. The first-order valence-corrected chi connectivity index (χ1v) is 8.75. The van der Waals surface area contributed by atoms with Crippen molar-refractivity contribution < 1.29 is 9.53 Å². The van der Waals surface area contributed by atoms with E-state index in [4.69, 9.17) is 4.74 Å². The van der Waals surface area contributed by atoms with Crippen molar-refractivity contribution in [3.05, 3.63) is 30.1 Å². The second-order valence-electron chi connectivity index (χ2n) is 7.20. The number of piperidine rings is 1. The lowest BCUT2D eigenvalue weighted by Crippen LogP contribution is -2.60. The van der Waals surface area contributed by atoms with Crippen LogP contribution in [0.4, 0.5) is 0 Å². The van der Waals surface area contributed by atoms with E-state index in [0.29, 0.717) is 17.9 Å². The summed E-state index contributed by atoms with van der Waals surface area (Å²) in [6.45, 7) is 6.44. The lowest BCUT2D eigenvalue weighted by molar-refractivity contribution is -0.145. The van der Waals surface area contributed by atoms with Crippen LogP contribution in [0.2, 0.25) is 0 Å². The molecule has 4 atom stereocenters. The minimum absolute atomic E-state index is 0.265. The molecule has 1 aromatic heterocycles. The van der Waals surface area contributed by atoms with Crippen LogP contribution in [0.5, 0.6) is 0 Å². The summed E-state index contributed by atoms with van der Waals surface area (Å²) >= 11 is 0. The fourth-order valence-electron chi connectivity index (χ4n) is 3.97. The van der Waals surface area contributed by atoms with Crippen LogP contribution < -0.4 is 0 Å². The molecule has 0 bridgehead atoms. The molecule has 0 spiro atoms. The van der Waals surface area contributed by atoms with Gasteiger partial charge in [-0.25, -0.2) is 0 Å². The third kappa shape index (κ3) is 3.12. The third-order valence-electron chi connectivity index (χ3n) is 5.55. The number of ether oxygens (including phenoxy) is 1. The zero-order chi connectivity index (χ0) is 15.8. The third-order valence-corrected chi connectivity index (χ3v) is 5.55. The Morgan fingerprint density at radius 2 is 2.30 bits per heavy atom.